The number of benzene rings is 1. The smallest absolute Gasteiger partial charge is 0.409 e. The monoisotopic (exact) mass is 348 g/mol. The second-order valence-corrected chi connectivity index (χ2v) is 6.88. The van der Waals surface area contributed by atoms with Crippen molar-refractivity contribution in [1.82, 2.24) is 10.2 Å². The van der Waals surface area contributed by atoms with Crippen LogP contribution in [0.1, 0.15) is 44.6 Å². The minimum atomic E-state index is -0.522. The molecular formula is C19H25FN2O3. The van der Waals surface area contributed by atoms with Gasteiger partial charge in [-0.1, -0.05) is 18.6 Å². The first-order chi connectivity index (χ1) is 12.0. The third kappa shape index (κ3) is 3.62. The maximum Gasteiger partial charge on any atom is 0.409 e. The molecule has 0 bridgehead atoms. The number of halogens is 1. The normalized spacial score (nSPS) is 19.8. The number of likely N-dealkylation sites (tertiary alicyclic amines) is 1. The van der Waals surface area contributed by atoms with E-state index in [1.54, 1.807) is 24.0 Å². The summed E-state index contributed by atoms with van der Waals surface area (Å²) in [4.78, 5) is 26.3. The van der Waals surface area contributed by atoms with Gasteiger partial charge in [0.15, 0.2) is 0 Å². The molecule has 0 aromatic heterocycles. The molecule has 1 aromatic carbocycles. The lowest BCUT2D eigenvalue weighted by Crippen LogP contribution is -2.54. The molecule has 2 amide bonds. The molecule has 0 spiro atoms. The molecule has 0 atom stereocenters. The molecule has 1 N–H and O–H groups in total. The Morgan fingerprint density at radius 3 is 2.40 bits per heavy atom. The standard InChI is InChI=1S/C19H25FN2O3/c1-2-25-18(24)22-12-8-16(9-13-22)21-17(23)19(10-3-11-19)14-4-6-15(20)7-5-14/h4-7,16H,2-3,8-13H2,1H3,(H,21,23). The summed E-state index contributed by atoms with van der Waals surface area (Å²) in [6.07, 6.45) is 3.77. The predicted octanol–water partition coefficient (Wildman–Crippen LogP) is 2.98. The molecule has 1 aliphatic heterocycles. The van der Waals surface area contributed by atoms with Crippen LogP contribution in [-0.4, -0.2) is 42.6 Å². The number of carbonyl (C=O) groups excluding carboxylic acids is 2. The molecule has 1 aromatic rings. The molecule has 1 saturated carbocycles. The van der Waals surface area contributed by atoms with E-state index in [4.69, 9.17) is 4.74 Å². The lowest BCUT2D eigenvalue weighted by Gasteiger charge is -2.42. The highest BCUT2D eigenvalue weighted by molar-refractivity contribution is 5.89. The Bertz CT molecular complexity index is 620. The van der Waals surface area contributed by atoms with Crippen LogP contribution in [0.3, 0.4) is 0 Å². The van der Waals surface area contributed by atoms with Crippen LogP contribution in [0.25, 0.3) is 0 Å². The van der Waals surface area contributed by atoms with Gasteiger partial charge in [-0.3, -0.25) is 4.79 Å². The van der Waals surface area contributed by atoms with Crippen molar-refractivity contribution in [2.45, 2.75) is 50.5 Å². The number of piperidine rings is 1. The number of nitrogens with zero attached hydrogens (tertiary/aromatic N) is 1. The van der Waals surface area contributed by atoms with Crippen molar-refractivity contribution >= 4 is 12.0 Å². The number of amides is 2. The SMILES string of the molecule is CCOC(=O)N1CCC(NC(=O)C2(c3ccc(F)cc3)CCC2)CC1. The Labute approximate surface area is 147 Å². The maximum absolute atomic E-state index is 13.2. The van der Waals surface area contributed by atoms with Gasteiger partial charge >= 0.3 is 6.09 Å². The largest absolute Gasteiger partial charge is 0.450 e. The first-order valence-electron chi connectivity index (χ1n) is 9.04. The van der Waals surface area contributed by atoms with E-state index in [0.29, 0.717) is 19.7 Å². The van der Waals surface area contributed by atoms with E-state index in [-0.39, 0.29) is 23.9 Å². The van der Waals surface area contributed by atoms with Crippen molar-refractivity contribution in [2.75, 3.05) is 19.7 Å². The van der Waals surface area contributed by atoms with Gasteiger partial charge in [-0.2, -0.15) is 0 Å². The highest BCUT2D eigenvalue weighted by atomic mass is 19.1. The zero-order valence-electron chi connectivity index (χ0n) is 14.6. The zero-order chi connectivity index (χ0) is 17.9. The summed E-state index contributed by atoms with van der Waals surface area (Å²) in [7, 11) is 0. The van der Waals surface area contributed by atoms with Crippen molar-refractivity contribution in [1.29, 1.82) is 0 Å². The molecule has 1 saturated heterocycles. The van der Waals surface area contributed by atoms with Gasteiger partial charge in [0.25, 0.3) is 0 Å². The molecule has 136 valence electrons. The molecule has 1 heterocycles. The van der Waals surface area contributed by atoms with Crippen LogP contribution >= 0.6 is 0 Å². The number of hydrogen-bond donors (Lipinski definition) is 1. The summed E-state index contributed by atoms with van der Waals surface area (Å²) in [5.74, 6) is -0.259. The third-order valence-electron chi connectivity index (χ3n) is 5.39. The summed E-state index contributed by atoms with van der Waals surface area (Å²) >= 11 is 0. The summed E-state index contributed by atoms with van der Waals surface area (Å²) < 4.78 is 18.2. The van der Waals surface area contributed by atoms with Crippen LogP contribution < -0.4 is 5.32 Å². The highest BCUT2D eigenvalue weighted by Crippen LogP contribution is 2.44. The van der Waals surface area contributed by atoms with Gasteiger partial charge in [-0.25, -0.2) is 9.18 Å². The van der Waals surface area contributed by atoms with Gasteiger partial charge in [0.2, 0.25) is 5.91 Å². The second-order valence-electron chi connectivity index (χ2n) is 6.88. The van der Waals surface area contributed by atoms with Crippen LogP contribution in [-0.2, 0) is 14.9 Å². The lowest BCUT2D eigenvalue weighted by atomic mass is 9.63. The lowest BCUT2D eigenvalue weighted by molar-refractivity contribution is -0.131. The van der Waals surface area contributed by atoms with Gasteiger partial charge in [0.1, 0.15) is 5.82 Å². The Morgan fingerprint density at radius 1 is 1.24 bits per heavy atom. The van der Waals surface area contributed by atoms with Crippen LogP contribution in [0.5, 0.6) is 0 Å². The summed E-state index contributed by atoms with van der Waals surface area (Å²) in [5.41, 5.74) is 0.369. The number of ether oxygens (including phenoxy) is 1. The quantitative estimate of drug-likeness (QED) is 0.910. The van der Waals surface area contributed by atoms with Crippen molar-refractivity contribution in [3.8, 4) is 0 Å². The van der Waals surface area contributed by atoms with E-state index in [1.807, 2.05) is 0 Å². The molecule has 3 rings (SSSR count). The average molecular weight is 348 g/mol. The Hall–Kier alpha value is -2.11. The number of hydrogen-bond acceptors (Lipinski definition) is 3. The van der Waals surface area contributed by atoms with Crippen molar-refractivity contribution in [2.24, 2.45) is 0 Å². The minimum Gasteiger partial charge on any atom is -0.450 e. The maximum atomic E-state index is 13.2. The van der Waals surface area contributed by atoms with Crippen LogP contribution in [0.2, 0.25) is 0 Å². The van der Waals surface area contributed by atoms with E-state index in [0.717, 1.165) is 37.7 Å². The Balaban J connectivity index is 1.59. The summed E-state index contributed by atoms with van der Waals surface area (Å²) in [5, 5.41) is 3.15. The van der Waals surface area contributed by atoms with Crippen LogP contribution in [0.15, 0.2) is 24.3 Å². The molecule has 0 unspecified atom stereocenters. The Kier molecular flexibility index (Phi) is 5.25. The minimum absolute atomic E-state index is 0.0277. The van der Waals surface area contributed by atoms with E-state index in [2.05, 4.69) is 5.32 Å². The molecule has 1 aliphatic carbocycles. The molecule has 2 aliphatic rings. The highest BCUT2D eigenvalue weighted by Gasteiger charge is 2.46. The zero-order valence-corrected chi connectivity index (χ0v) is 14.6. The summed E-state index contributed by atoms with van der Waals surface area (Å²) in [6, 6.07) is 6.34. The average Bonchev–Trinajstić information content (AvgIpc) is 2.56. The van der Waals surface area contributed by atoms with Gasteiger partial charge in [0, 0.05) is 19.1 Å². The number of nitrogens with one attached hydrogen (secondary N) is 1. The van der Waals surface area contributed by atoms with Crippen LogP contribution in [0.4, 0.5) is 9.18 Å². The number of rotatable bonds is 4. The molecular weight excluding hydrogens is 323 g/mol. The molecule has 0 radical (unpaired) electrons. The number of carbonyl (C=O) groups is 2. The second kappa shape index (κ2) is 7.42. The van der Waals surface area contributed by atoms with Gasteiger partial charge < -0.3 is 15.0 Å². The first kappa shape index (κ1) is 17.7. The van der Waals surface area contributed by atoms with Crippen LogP contribution in [0, 0.1) is 5.82 Å². The van der Waals surface area contributed by atoms with Gasteiger partial charge in [-0.15, -0.1) is 0 Å². The first-order valence-corrected chi connectivity index (χ1v) is 9.04. The van der Waals surface area contributed by atoms with Crippen molar-refractivity contribution in [3.05, 3.63) is 35.6 Å². The van der Waals surface area contributed by atoms with Gasteiger partial charge in [0.05, 0.1) is 12.0 Å². The Morgan fingerprint density at radius 2 is 1.88 bits per heavy atom. The molecule has 5 nitrogen and oxygen atoms in total. The summed E-state index contributed by atoms with van der Waals surface area (Å²) in [6.45, 7) is 3.34. The molecule has 6 heteroatoms. The topological polar surface area (TPSA) is 58.6 Å². The predicted molar refractivity (Wildman–Crippen MR) is 91.7 cm³/mol. The van der Waals surface area contributed by atoms with Crippen molar-refractivity contribution < 1.29 is 18.7 Å². The molecule has 25 heavy (non-hydrogen) atoms. The van der Waals surface area contributed by atoms with E-state index < -0.39 is 5.41 Å². The van der Waals surface area contributed by atoms with Gasteiger partial charge in [-0.05, 0) is 50.3 Å². The van der Waals surface area contributed by atoms with E-state index in [1.165, 1.54) is 12.1 Å². The molecule has 2 fully saturated rings. The van der Waals surface area contributed by atoms with E-state index in [9.17, 15) is 14.0 Å². The van der Waals surface area contributed by atoms with E-state index >= 15 is 0 Å². The fourth-order valence-corrected chi connectivity index (χ4v) is 3.69. The third-order valence-corrected chi connectivity index (χ3v) is 5.39. The fourth-order valence-electron chi connectivity index (χ4n) is 3.69. The fraction of sp³-hybridized carbons (Fsp3) is 0.579. The van der Waals surface area contributed by atoms with Crippen molar-refractivity contribution in [3.63, 3.8) is 0 Å².